The Morgan fingerprint density at radius 1 is 0.909 bits per heavy atom. The van der Waals surface area contributed by atoms with Crippen molar-refractivity contribution in [3.8, 4) is 17.2 Å². The van der Waals surface area contributed by atoms with E-state index in [1.807, 2.05) is 0 Å². The number of phenolic OH excluding ortho intramolecular Hbond substituents is 1. The van der Waals surface area contributed by atoms with Gasteiger partial charge in [-0.05, 0) is 67.4 Å². The lowest BCUT2D eigenvalue weighted by atomic mass is 10.0. The summed E-state index contributed by atoms with van der Waals surface area (Å²) >= 11 is 12.9. The highest BCUT2D eigenvalue weighted by Gasteiger charge is 2.25. The molecule has 0 aliphatic heterocycles. The van der Waals surface area contributed by atoms with Gasteiger partial charge in [-0.1, -0.05) is 35.3 Å². The molecule has 0 aliphatic carbocycles. The summed E-state index contributed by atoms with van der Waals surface area (Å²) in [6.45, 7) is 3.97. The number of phenols is 1. The van der Waals surface area contributed by atoms with Crippen molar-refractivity contribution in [2.24, 2.45) is 0 Å². The topological polar surface area (TPSA) is 65.0 Å². The molecule has 0 atom stereocenters. The number of hydrogen-bond acceptors (Lipinski definition) is 5. The van der Waals surface area contributed by atoms with Gasteiger partial charge in [-0.3, -0.25) is 4.57 Å². The van der Waals surface area contributed by atoms with Crippen molar-refractivity contribution in [1.29, 1.82) is 0 Å². The van der Waals surface area contributed by atoms with Gasteiger partial charge in [0.25, 0.3) is 0 Å². The molecule has 9 heteroatoms. The summed E-state index contributed by atoms with van der Waals surface area (Å²) in [7, 11) is -3.33. The van der Waals surface area contributed by atoms with Crippen molar-refractivity contribution in [3.05, 3.63) is 87.2 Å². The number of hydrogen-bond donors (Lipinski definition) is 1. The van der Waals surface area contributed by atoms with E-state index in [0.29, 0.717) is 23.3 Å². The Kier molecular flexibility index (Phi) is 8.80. The van der Waals surface area contributed by atoms with Crippen molar-refractivity contribution in [3.63, 3.8) is 0 Å². The number of ether oxygens (including phenoxy) is 1. The van der Waals surface area contributed by atoms with Crippen LogP contribution in [0.3, 0.4) is 0 Å². The first-order chi connectivity index (χ1) is 15.7. The molecule has 0 fully saturated rings. The van der Waals surface area contributed by atoms with Gasteiger partial charge in [0.2, 0.25) is 0 Å². The molecule has 0 unspecified atom stereocenters. The lowest BCUT2D eigenvalue weighted by molar-refractivity contribution is 0.219. The minimum atomic E-state index is -3.33. The molecule has 0 saturated heterocycles. The number of aromatic hydroxyl groups is 1. The fourth-order valence-corrected chi connectivity index (χ4v) is 5.57. The zero-order valence-corrected chi connectivity index (χ0v) is 20.6. The Balaban J connectivity index is 1.88. The predicted octanol–water partition coefficient (Wildman–Crippen LogP) is 7.99. The second kappa shape index (κ2) is 11.4. The van der Waals surface area contributed by atoms with Crippen LogP contribution in [-0.4, -0.2) is 18.3 Å². The van der Waals surface area contributed by atoms with Crippen molar-refractivity contribution in [2.45, 2.75) is 26.4 Å². The minimum Gasteiger partial charge on any atom is -0.508 e. The van der Waals surface area contributed by atoms with E-state index in [1.54, 1.807) is 50.2 Å². The zero-order valence-electron chi connectivity index (χ0n) is 18.2. The molecule has 0 spiro atoms. The fraction of sp³-hybridized carbons (Fsp3) is 0.250. The highest BCUT2D eigenvalue weighted by Crippen LogP contribution is 2.52. The highest BCUT2D eigenvalue weighted by molar-refractivity contribution is 7.53. The third-order valence-corrected chi connectivity index (χ3v) is 7.27. The third kappa shape index (κ3) is 6.95. The molecule has 0 radical (unpaired) electrons. The summed E-state index contributed by atoms with van der Waals surface area (Å²) < 4.78 is 42.8. The molecule has 0 amide bonds. The molecule has 176 valence electrons. The summed E-state index contributed by atoms with van der Waals surface area (Å²) in [5.41, 5.74) is 2.08. The second-order valence-electron chi connectivity index (χ2n) is 7.19. The van der Waals surface area contributed by atoms with Gasteiger partial charge in [-0.15, -0.1) is 0 Å². The average molecular weight is 513 g/mol. The third-order valence-electron chi connectivity index (χ3n) is 4.65. The molecule has 0 aliphatic rings. The standard InChI is InChI=1S/C24H24Cl2FO5P/c1-3-30-33(29,31-4-2)15-17-12-21(25)24(22(26)13-17)32-23-10-9-20(28)14-18(23)11-16-5-7-19(27)8-6-16/h5-10,12-14,28H,3-4,11,15H2,1-2H3. The molecule has 0 aromatic heterocycles. The van der Waals surface area contributed by atoms with E-state index < -0.39 is 7.60 Å². The molecule has 3 rings (SSSR count). The van der Waals surface area contributed by atoms with Crippen LogP contribution in [0, 0.1) is 5.82 Å². The molecule has 0 saturated carbocycles. The van der Waals surface area contributed by atoms with Crippen LogP contribution < -0.4 is 4.74 Å². The van der Waals surface area contributed by atoms with E-state index in [2.05, 4.69) is 0 Å². The molecular weight excluding hydrogens is 489 g/mol. The van der Waals surface area contributed by atoms with Crippen LogP contribution >= 0.6 is 30.8 Å². The van der Waals surface area contributed by atoms with E-state index in [4.69, 9.17) is 37.0 Å². The van der Waals surface area contributed by atoms with Gasteiger partial charge in [-0.2, -0.15) is 0 Å². The molecule has 5 nitrogen and oxygen atoms in total. The fourth-order valence-electron chi connectivity index (χ4n) is 3.28. The van der Waals surface area contributed by atoms with Gasteiger partial charge in [0.1, 0.15) is 17.3 Å². The quantitative estimate of drug-likeness (QED) is 0.279. The van der Waals surface area contributed by atoms with Gasteiger partial charge in [0.05, 0.1) is 29.4 Å². The number of benzene rings is 3. The van der Waals surface area contributed by atoms with Crippen LogP contribution in [0.1, 0.15) is 30.5 Å². The van der Waals surface area contributed by atoms with E-state index in [-0.39, 0.29) is 46.7 Å². The van der Waals surface area contributed by atoms with E-state index in [1.165, 1.54) is 18.2 Å². The smallest absolute Gasteiger partial charge is 0.335 e. The highest BCUT2D eigenvalue weighted by atomic mass is 35.5. The van der Waals surface area contributed by atoms with Gasteiger partial charge >= 0.3 is 7.60 Å². The lowest BCUT2D eigenvalue weighted by Crippen LogP contribution is -2.00. The first-order valence-corrected chi connectivity index (χ1v) is 12.8. The molecule has 3 aromatic carbocycles. The maximum atomic E-state index is 13.2. The largest absolute Gasteiger partial charge is 0.508 e. The van der Waals surface area contributed by atoms with Gasteiger partial charge in [-0.25, -0.2) is 4.39 Å². The van der Waals surface area contributed by atoms with Crippen LogP contribution in [0.2, 0.25) is 10.0 Å². The Morgan fingerprint density at radius 3 is 2.09 bits per heavy atom. The predicted molar refractivity (Wildman–Crippen MR) is 128 cm³/mol. The Morgan fingerprint density at radius 2 is 1.52 bits per heavy atom. The van der Waals surface area contributed by atoms with E-state index in [0.717, 1.165) is 5.56 Å². The van der Waals surface area contributed by atoms with Crippen LogP contribution in [-0.2, 0) is 26.2 Å². The summed E-state index contributed by atoms with van der Waals surface area (Å²) in [6, 6.07) is 13.9. The van der Waals surface area contributed by atoms with Gasteiger partial charge < -0.3 is 18.9 Å². The summed E-state index contributed by atoms with van der Waals surface area (Å²) in [5, 5.41) is 10.4. The maximum absolute atomic E-state index is 13.2. The van der Waals surface area contributed by atoms with Crippen molar-refractivity contribution in [1.82, 2.24) is 0 Å². The second-order valence-corrected chi connectivity index (χ2v) is 10.1. The Labute approximate surface area is 202 Å². The van der Waals surface area contributed by atoms with E-state index >= 15 is 0 Å². The van der Waals surface area contributed by atoms with Crippen LogP contribution in [0.5, 0.6) is 17.2 Å². The summed E-state index contributed by atoms with van der Waals surface area (Å²) in [4.78, 5) is 0. The number of halogens is 3. The van der Waals surface area contributed by atoms with Crippen molar-refractivity contribution in [2.75, 3.05) is 13.2 Å². The molecule has 1 N–H and O–H groups in total. The summed E-state index contributed by atoms with van der Waals surface area (Å²) in [5.74, 6) is 0.386. The molecule has 3 aromatic rings. The SMILES string of the molecule is CCOP(=O)(Cc1cc(Cl)c(Oc2ccc(O)cc2Cc2ccc(F)cc2)c(Cl)c1)OCC. The Bertz CT molecular complexity index is 1120. The monoisotopic (exact) mass is 512 g/mol. The summed E-state index contributed by atoms with van der Waals surface area (Å²) in [6.07, 6.45) is 0.409. The first kappa shape index (κ1) is 25.5. The van der Waals surface area contributed by atoms with Crippen LogP contribution in [0.15, 0.2) is 54.6 Å². The maximum Gasteiger partial charge on any atom is 0.335 e. The Hall–Kier alpha value is -2.08. The van der Waals surface area contributed by atoms with Crippen LogP contribution in [0.25, 0.3) is 0 Å². The van der Waals surface area contributed by atoms with Crippen molar-refractivity contribution >= 4 is 30.8 Å². The number of rotatable bonds is 10. The zero-order chi connectivity index (χ0) is 24.0. The van der Waals surface area contributed by atoms with Crippen LogP contribution in [0.4, 0.5) is 4.39 Å². The van der Waals surface area contributed by atoms with Crippen molar-refractivity contribution < 1.29 is 27.8 Å². The average Bonchev–Trinajstić information content (AvgIpc) is 2.74. The first-order valence-electron chi connectivity index (χ1n) is 10.3. The van der Waals surface area contributed by atoms with E-state index in [9.17, 15) is 14.1 Å². The lowest BCUT2D eigenvalue weighted by Gasteiger charge is -2.18. The normalized spacial score (nSPS) is 11.5. The molecule has 0 bridgehead atoms. The van der Waals surface area contributed by atoms with Gasteiger partial charge in [0.15, 0.2) is 5.75 Å². The molecule has 0 heterocycles. The molecule has 33 heavy (non-hydrogen) atoms. The van der Waals surface area contributed by atoms with Gasteiger partial charge in [0, 0.05) is 12.0 Å². The minimum absolute atomic E-state index is 0.0173. The molecular formula is C24H24Cl2FO5P.